The van der Waals surface area contributed by atoms with Crippen molar-refractivity contribution in [2.24, 2.45) is 0 Å². The van der Waals surface area contributed by atoms with Gasteiger partial charge in [0.15, 0.2) is 0 Å². The third-order valence-electron chi connectivity index (χ3n) is 2.57. The van der Waals surface area contributed by atoms with Crippen molar-refractivity contribution in [3.05, 3.63) is 46.2 Å². The van der Waals surface area contributed by atoms with Crippen LogP contribution in [-0.2, 0) is 6.18 Å². The van der Waals surface area contributed by atoms with Gasteiger partial charge < -0.3 is 4.74 Å². The Morgan fingerprint density at radius 1 is 0.957 bits per heavy atom. The Morgan fingerprint density at radius 2 is 1.61 bits per heavy atom. The van der Waals surface area contributed by atoms with Gasteiger partial charge in [0.25, 0.3) is 0 Å². The highest BCUT2D eigenvalue weighted by atomic mass is 35.5. The lowest BCUT2D eigenvalue weighted by Gasteiger charge is -2.13. The van der Waals surface area contributed by atoms with Crippen LogP contribution in [0.3, 0.4) is 0 Å². The molecule has 0 aliphatic heterocycles. The number of nitrogens with zero attached hydrogens (tertiary/aromatic N) is 1. The number of rotatable bonds is 2. The summed E-state index contributed by atoms with van der Waals surface area (Å²) in [5.74, 6) is -0.568. The van der Waals surface area contributed by atoms with Crippen molar-refractivity contribution in [3.8, 4) is 16.9 Å². The first kappa shape index (κ1) is 17.7. The van der Waals surface area contributed by atoms with Crippen LogP contribution in [0.2, 0.25) is 10.2 Å². The van der Waals surface area contributed by atoms with Crippen molar-refractivity contribution < 1.29 is 31.1 Å². The number of pyridine rings is 1. The molecule has 0 radical (unpaired) electrons. The van der Waals surface area contributed by atoms with E-state index in [0.717, 1.165) is 12.1 Å². The molecule has 0 saturated carbocycles. The number of hydrogen-bond donors (Lipinski definition) is 0. The standard InChI is InChI=1S/C13H5Cl2F6NO/c14-8-5-9(12(16,17)18)22-11(15)10(8)6-2-1-3-7(4-6)23-13(19,20)21/h1-5H. The SMILES string of the molecule is FC(F)(F)Oc1cccc(-c2c(Cl)cc(C(F)(F)F)nc2Cl)c1. The minimum atomic E-state index is -4.91. The van der Waals surface area contributed by atoms with Gasteiger partial charge in [-0.05, 0) is 23.8 Å². The van der Waals surface area contributed by atoms with Crippen molar-refractivity contribution in [1.82, 2.24) is 4.98 Å². The molecule has 0 fully saturated rings. The first-order chi connectivity index (χ1) is 10.5. The van der Waals surface area contributed by atoms with E-state index in [2.05, 4.69) is 9.72 Å². The van der Waals surface area contributed by atoms with Gasteiger partial charge in [-0.3, -0.25) is 0 Å². The van der Waals surface area contributed by atoms with E-state index in [9.17, 15) is 26.3 Å². The molecule has 2 nitrogen and oxygen atoms in total. The number of benzene rings is 1. The summed E-state index contributed by atoms with van der Waals surface area (Å²) in [6, 6.07) is 5.03. The highest BCUT2D eigenvalue weighted by Crippen LogP contribution is 2.39. The maximum atomic E-state index is 12.6. The molecule has 1 aromatic carbocycles. The molecule has 2 rings (SSSR count). The molecule has 1 heterocycles. The van der Waals surface area contributed by atoms with E-state index in [0.29, 0.717) is 6.07 Å². The van der Waals surface area contributed by atoms with Gasteiger partial charge in [0, 0.05) is 5.56 Å². The average Bonchev–Trinajstić information content (AvgIpc) is 2.35. The fourth-order valence-corrected chi connectivity index (χ4v) is 2.39. The van der Waals surface area contributed by atoms with Crippen molar-refractivity contribution >= 4 is 23.2 Å². The molecule has 0 bridgehead atoms. The third-order valence-corrected chi connectivity index (χ3v) is 3.15. The van der Waals surface area contributed by atoms with Crippen molar-refractivity contribution in [2.45, 2.75) is 12.5 Å². The van der Waals surface area contributed by atoms with E-state index in [1.54, 1.807) is 0 Å². The zero-order valence-corrected chi connectivity index (χ0v) is 12.3. The molecule has 0 aliphatic rings. The third kappa shape index (κ3) is 4.42. The summed E-state index contributed by atoms with van der Waals surface area (Å²) in [4.78, 5) is 3.18. The quantitative estimate of drug-likeness (QED) is 0.476. The second-order valence-corrected chi connectivity index (χ2v) is 4.99. The molecule has 0 spiro atoms. The van der Waals surface area contributed by atoms with Gasteiger partial charge in [-0.2, -0.15) is 13.2 Å². The zero-order chi connectivity index (χ0) is 17.4. The van der Waals surface area contributed by atoms with Crippen LogP contribution in [0.1, 0.15) is 5.69 Å². The van der Waals surface area contributed by atoms with E-state index in [1.165, 1.54) is 12.1 Å². The summed E-state index contributed by atoms with van der Waals surface area (Å²) in [7, 11) is 0. The maximum absolute atomic E-state index is 12.6. The smallest absolute Gasteiger partial charge is 0.406 e. The molecule has 0 aliphatic carbocycles. The topological polar surface area (TPSA) is 22.1 Å². The predicted octanol–water partition coefficient (Wildman–Crippen LogP) is 5.97. The molecule has 10 heteroatoms. The number of halogens is 8. The molecule has 124 valence electrons. The van der Waals surface area contributed by atoms with Gasteiger partial charge in [-0.25, -0.2) is 4.98 Å². The summed E-state index contributed by atoms with van der Waals surface area (Å²) in [6.07, 6.45) is -9.67. The van der Waals surface area contributed by atoms with E-state index < -0.39 is 34.2 Å². The highest BCUT2D eigenvalue weighted by Gasteiger charge is 2.34. The minimum absolute atomic E-state index is 0.0305. The van der Waals surface area contributed by atoms with Gasteiger partial charge in [-0.15, -0.1) is 13.2 Å². The number of alkyl halides is 6. The highest BCUT2D eigenvalue weighted by molar-refractivity contribution is 6.38. The van der Waals surface area contributed by atoms with E-state index in [1.807, 2.05) is 0 Å². The Bertz CT molecular complexity index is 706. The number of ether oxygens (including phenoxy) is 1. The van der Waals surface area contributed by atoms with Crippen LogP contribution in [0.5, 0.6) is 5.75 Å². The van der Waals surface area contributed by atoms with Gasteiger partial charge in [0.2, 0.25) is 0 Å². The summed E-state index contributed by atoms with van der Waals surface area (Å²) < 4.78 is 78.2. The van der Waals surface area contributed by atoms with Crippen LogP contribution in [0.25, 0.3) is 11.1 Å². The van der Waals surface area contributed by atoms with Gasteiger partial charge in [0.1, 0.15) is 16.6 Å². The first-order valence-corrected chi connectivity index (χ1v) is 6.52. The van der Waals surface area contributed by atoms with E-state index in [4.69, 9.17) is 23.2 Å². The Morgan fingerprint density at radius 3 is 2.13 bits per heavy atom. The van der Waals surface area contributed by atoms with Crippen LogP contribution in [0, 0.1) is 0 Å². The molecular formula is C13H5Cl2F6NO. The zero-order valence-electron chi connectivity index (χ0n) is 10.8. The lowest BCUT2D eigenvalue weighted by Crippen LogP contribution is -2.17. The summed E-state index contributed by atoms with van der Waals surface area (Å²) in [5.41, 5.74) is -1.41. The van der Waals surface area contributed by atoms with Crippen LogP contribution < -0.4 is 4.74 Å². The monoisotopic (exact) mass is 375 g/mol. The van der Waals surface area contributed by atoms with Crippen LogP contribution in [0.15, 0.2) is 30.3 Å². The molecule has 0 saturated heterocycles. The maximum Gasteiger partial charge on any atom is 0.573 e. The fourth-order valence-electron chi connectivity index (χ4n) is 1.74. The van der Waals surface area contributed by atoms with E-state index in [-0.39, 0.29) is 11.1 Å². The number of aromatic nitrogens is 1. The summed E-state index contributed by atoms with van der Waals surface area (Å²) >= 11 is 11.5. The molecule has 0 atom stereocenters. The molecule has 0 N–H and O–H groups in total. The van der Waals surface area contributed by atoms with E-state index >= 15 is 0 Å². The van der Waals surface area contributed by atoms with Crippen LogP contribution in [0.4, 0.5) is 26.3 Å². The Balaban J connectivity index is 2.49. The van der Waals surface area contributed by atoms with Crippen LogP contribution >= 0.6 is 23.2 Å². The van der Waals surface area contributed by atoms with Crippen molar-refractivity contribution in [1.29, 1.82) is 0 Å². The van der Waals surface area contributed by atoms with Gasteiger partial charge >= 0.3 is 12.5 Å². The van der Waals surface area contributed by atoms with Crippen molar-refractivity contribution in [2.75, 3.05) is 0 Å². The van der Waals surface area contributed by atoms with Gasteiger partial charge in [0.05, 0.1) is 5.02 Å². The minimum Gasteiger partial charge on any atom is -0.406 e. The van der Waals surface area contributed by atoms with Gasteiger partial charge in [-0.1, -0.05) is 35.3 Å². The molecule has 0 unspecified atom stereocenters. The summed E-state index contributed by atoms with van der Waals surface area (Å²) in [6.45, 7) is 0. The molecule has 1 aromatic heterocycles. The molecule has 23 heavy (non-hydrogen) atoms. The second kappa shape index (κ2) is 6.09. The van der Waals surface area contributed by atoms with Crippen LogP contribution in [-0.4, -0.2) is 11.3 Å². The lowest BCUT2D eigenvalue weighted by molar-refractivity contribution is -0.274. The Kier molecular flexibility index (Phi) is 4.68. The number of hydrogen-bond acceptors (Lipinski definition) is 2. The Hall–Kier alpha value is -1.67. The molecular weight excluding hydrogens is 371 g/mol. The second-order valence-electron chi connectivity index (χ2n) is 4.23. The summed E-state index contributed by atoms with van der Waals surface area (Å²) in [5, 5.41) is -0.990. The Labute approximate surface area is 135 Å². The lowest BCUT2D eigenvalue weighted by atomic mass is 10.1. The van der Waals surface area contributed by atoms with Crippen molar-refractivity contribution in [3.63, 3.8) is 0 Å². The largest absolute Gasteiger partial charge is 0.573 e. The molecule has 0 amide bonds. The normalized spacial score (nSPS) is 12.3. The first-order valence-electron chi connectivity index (χ1n) is 5.77. The average molecular weight is 376 g/mol. The molecule has 2 aromatic rings. The fraction of sp³-hybridized carbons (Fsp3) is 0.154. The predicted molar refractivity (Wildman–Crippen MR) is 71.4 cm³/mol.